The van der Waals surface area contributed by atoms with Gasteiger partial charge in [0.15, 0.2) is 0 Å². The van der Waals surface area contributed by atoms with E-state index in [0.717, 1.165) is 10.0 Å². The van der Waals surface area contributed by atoms with Crippen molar-refractivity contribution in [2.24, 2.45) is 0 Å². The number of rotatable bonds is 6. The monoisotopic (exact) mass is 326 g/mol. The molecule has 0 spiro atoms. The Balaban J connectivity index is 2.77. The van der Waals surface area contributed by atoms with Gasteiger partial charge in [0.05, 0.1) is 0 Å². The summed E-state index contributed by atoms with van der Waals surface area (Å²) in [6, 6.07) is 9.76. The molecule has 0 unspecified atom stereocenters. The molecule has 1 aromatic rings. The van der Waals surface area contributed by atoms with Crippen LogP contribution in [0.5, 0.6) is 0 Å². The topological polar surface area (TPSA) is 17.1 Å². The fourth-order valence-electron chi connectivity index (χ4n) is 2.19. The van der Waals surface area contributed by atoms with Crippen LogP contribution in [0.4, 0.5) is 0 Å². The Bertz CT molecular complexity index is 320. The summed E-state index contributed by atoms with van der Waals surface area (Å²) >= 11 is -2.09. The van der Waals surface area contributed by atoms with Crippen LogP contribution in [0, 0.1) is 0 Å². The molecule has 0 aliphatic carbocycles. The van der Waals surface area contributed by atoms with Gasteiger partial charge in [0.25, 0.3) is 0 Å². The van der Waals surface area contributed by atoms with E-state index in [1.54, 1.807) is 0 Å². The molecular weight excluding hydrogens is 303 g/mol. The molecule has 0 aromatic heterocycles. The van der Waals surface area contributed by atoms with Crippen LogP contribution in [0.25, 0.3) is 0 Å². The van der Waals surface area contributed by atoms with Gasteiger partial charge in [-0.15, -0.1) is 0 Å². The van der Waals surface area contributed by atoms with Crippen molar-refractivity contribution in [2.45, 2.75) is 38.5 Å². The second-order valence-corrected chi connectivity index (χ2v) is 20.2. The first-order chi connectivity index (χ1) is 7.67. The number of benzene rings is 1. The molecule has 0 N–H and O–H groups in total. The molecule has 0 aliphatic heterocycles. The third-order valence-electron chi connectivity index (χ3n) is 3.88. The van der Waals surface area contributed by atoms with Gasteiger partial charge in [0.2, 0.25) is 0 Å². The zero-order valence-electron chi connectivity index (χ0n) is 10.6. The summed E-state index contributed by atoms with van der Waals surface area (Å²) in [5, 5.41) is 0. The molecule has 0 saturated carbocycles. The number of carbonyl (C=O) groups excluding carboxylic acids is 1. The number of ketones is 1. The summed E-state index contributed by atoms with van der Waals surface area (Å²) in [4.78, 5) is 12.2. The number of hydrogen-bond donors (Lipinski definition) is 0. The fourth-order valence-corrected chi connectivity index (χ4v) is 11.1. The molecule has 88 valence electrons. The summed E-state index contributed by atoms with van der Waals surface area (Å²) in [5.41, 5.74) is 0.902. The van der Waals surface area contributed by atoms with Crippen molar-refractivity contribution in [3.8, 4) is 0 Å². The molecule has 16 heavy (non-hydrogen) atoms. The van der Waals surface area contributed by atoms with E-state index in [1.165, 1.54) is 13.3 Å². The summed E-state index contributed by atoms with van der Waals surface area (Å²) in [7, 11) is 0. The van der Waals surface area contributed by atoms with Crippen molar-refractivity contribution in [1.29, 1.82) is 0 Å². The Morgan fingerprint density at radius 1 is 1.00 bits per heavy atom. The van der Waals surface area contributed by atoms with Gasteiger partial charge in [-0.1, -0.05) is 0 Å². The standard InChI is InChI=1S/C8H7O.3C2H5.Sn/c1-7(9)8-5-3-2-4-6-8;3*1-2;/h2-6H,1H2;3*1H2,2H3;. The normalized spacial score (nSPS) is 11.4. The van der Waals surface area contributed by atoms with Crippen molar-refractivity contribution >= 4 is 24.2 Å². The van der Waals surface area contributed by atoms with E-state index in [2.05, 4.69) is 20.8 Å². The first-order valence-electron chi connectivity index (χ1n) is 6.25. The maximum atomic E-state index is 12.2. The molecule has 2 heteroatoms. The molecule has 0 heterocycles. The van der Waals surface area contributed by atoms with E-state index in [9.17, 15) is 4.79 Å². The van der Waals surface area contributed by atoms with Crippen LogP contribution >= 0.6 is 0 Å². The minimum absolute atomic E-state index is 0.377. The van der Waals surface area contributed by atoms with Crippen LogP contribution in [0.15, 0.2) is 30.3 Å². The van der Waals surface area contributed by atoms with Gasteiger partial charge < -0.3 is 0 Å². The summed E-state index contributed by atoms with van der Waals surface area (Å²) in [5.74, 6) is 0.377. The van der Waals surface area contributed by atoms with Crippen molar-refractivity contribution < 1.29 is 4.79 Å². The number of carbonyl (C=O) groups is 1. The zero-order chi connectivity index (χ0) is 12.0. The van der Waals surface area contributed by atoms with Crippen LogP contribution in [-0.2, 0) is 0 Å². The second-order valence-electron chi connectivity index (χ2n) is 4.53. The molecule has 0 amide bonds. The average Bonchev–Trinajstić information content (AvgIpc) is 2.37. The Morgan fingerprint density at radius 3 is 1.94 bits per heavy atom. The van der Waals surface area contributed by atoms with Gasteiger partial charge in [0.1, 0.15) is 0 Å². The molecule has 0 bridgehead atoms. The molecule has 1 rings (SSSR count). The summed E-state index contributed by atoms with van der Waals surface area (Å²) in [6.45, 7) is 6.84. The summed E-state index contributed by atoms with van der Waals surface area (Å²) < 4.78 is 4.77. The van der Waals surface area contributed by atoms with E-state index >= 15 is 0 Å². The van der Waals surface area contributed by atoms with Crippen molar-refractivity contribution in [3.05, 3.63) is 35.9 Å². The van der Waals surface area contributed by atoms with Gasteiger partial charge in [0, 0.05) is 0 Å². The zero-order valence-corrected chi connectivity index (χ0v) is 13.5. The predicted molar refractivity (Wildman–Crippen MR) is 72.8 cm³/mol. The van der Waals surface area contributed by atoms with Gasteiger partial charge in [-0.2, -0.15) is 0 Å². The van der Waals surface area contributed by atoms with Gasteiger partial charge in [-0.05, 0) is 0 Å². The third-order valence-corrected chi connectivity index (χ3v) is 19.8. The molecule has 1 nitrogen and oxygen atoms in total. The van der Waals surface area contributed by atoms with Crippen LogP contribution in [0.2, 0.25) is 17.7 Å². The van der Waals surface area contributed by atoms with E-state index in [0.29, 0.717) is 5.78 Å². The van der Waals surface area contributed by atoms with Crippen LogP contribution in [0.1, 0.15) is 31.1 Å². The molecule has 0 aliphatic rings. The van der Waals surface area contributed by atoms with Crippen molar-refractivity contribution in [1.82, 2.24) is 0 Å². The maximum absolute atomic E-state index is 12.2. The van der Waals surface area contributed by atoms with Crippen LogP contribution < -0.4 is 0 Å². The van der Waals surface area contributed by atoms with E-state index in [-0.39, 0.29) is 0 Å². The molecular formula is C14H22OSn. The Morgan fingerprint density at radius 2 is 1.50 bits per heavy atom. The number of hydrogen-bond acceptors (Lipinski definition) is 1. The van der Waals surface area contributed by atoms with Crippen molar-refractivity contribution in [3.63, 3.8) is 0 Å². The Labute approximate surface area is 103 Å². The van der Waals surface area contributed by atoms with Gasteiger partial charge in [-0.3, -0.25) is 0 Å². The first kappa shape index (κ1) is 13.8. The average molecular weight is 325 g/mol. The Hall–Kier alpha value is -0.311. The first-order valence-corrected chi connectivity index (χ1v) is 14.3. The summed E-state index contributed by atoms with van der Waals surface area (Å²) in [6.07, 6.45) is 0. The van der Waals surface area contributed by atoms with E-state index in [1.807, 2.05) is 30.3 Å². The Kier molecular flexibility index (Phi) is 5.53. The van der Waals surface area contributed by atoms with Crippen molar-refractivity contribution in [2.75, 3.05) is 0 Å². The SMILES string of the molecule is C[CH2][Sn]([CH2]C)([CH2]C)[CH2]C(=O)c1ccccc1. The van der Waals surface area contributed by atoms with Crippen LogP contribution in [-0.4, -0.2) is 24.2 Å². The third kappa shape index (κ3) is 3.34. The quantitative estimate of drug-likeness (QED) is 0.560. The molecule has 0 fully saturated rings. The van der Waals surface area contributed by atoms with Crippen LogP contribution in [0.3, 0.4) is 0 Å². The second kappa shape index (κ2) is 6.43. The molecule has 0 saturated heterocycles. The van der Waals surface area contributed by atoms with E-state index < -0.39 is 18.4 Å². The fraction of sp³-hybridized carbons (Fsp3) is 0.500. The molecule has 0 radical (unpaired) electrons. The number of Topliss-reactive ketones (excluding diaryl/α,β-unsaturated/α-hetero) is 1. The minimum atomic E-state index is -2.09. The molecule has 1 aromatic carbocycles. The predicted octanol–water partition coefficient (Wildman–Crippen LogP) is 4.38. The van der Waals surface area contributed by atoms with Gasteiger partial charge >= 0.3 is 103 Å². The van der Waals surface area contributed by atoms with Gasteiger partial charge in [-0.25, -0.2) is 0 Å². The molecule has 0 atom stereocenters. The van der Waals surface area contributed by atoms with E-state index in [4.69, 9.17) is 0 Å².